The van der Waals surface area contributed by atoms with Crippen molar-refractivity contribution in [3.8, 4) is 5.69 Å². The second-order valence-electron chi connectivity index (χ2n) is 6.58. The zero-order valence-electron chi connectivity index (χ0n) is 13.9. The number of hydrogen-bond acceptors (Lipinski definition) is 6. The predicted octanol–water partition coefficient (Wildman–Crippen LogP) is 2.45. The van der Waals surface area contributed by atoms with Crippen molar-refractivity contribution in [2.75, 3.05) is 5.32 Å². The van der Waals surface area contributed by atoms with Gasteiger partial charge in [0.2, 0.25) is 5.95 Å². The van der Waals surface area contributed by atoms with Gasteiger partial charge in [-0.1, -0.05) is 18.1 Å². The zero-order chi connectivity index (χ0) is 16.8. The minimum Gasteiger partial charge on any atom is -0.351 e. The van der Waals surface area contributed by atoms with Crippen LogP contribution in [0.2, 0.25) is 0 Å². The largest absolute Gasteiger partial charge is 0.351 e. The van der Waals surface area contributed by atoms with E-state index in [4.69, 9.17) is 0 Å². The Morgan fingerprint density at radius 3 is 2.92 bits per heavy atom. The summed E-state index contributed by atoms with van der Waals surface area (Å²) >= 11 is 0. The summed E-state index contributed by atoms with van der Waals surface area (Å²) in [7, 11) is 1.92. The van der Waals surface area contributed by atoms with Gasteiger partial charge in [0, 0.05) is 24.7 Å². The number of anilines is 1. The smallest absolute Gasteiger partial charge is 0.225 e. The minimum atomic E-state index is 0.464. The molecule has 0 aliphatic heterocycles. The van der Waals surface area contributed by atoms with E-state index < -0.39 is 0 Å². The van der Waals surface area contributed by atoms with Gasteiger partial charge in [0.1, 0.15) is 0 Å². The van der Waals surface area contributed by atoms with E-state index in [2.05, 4.69) is 30.7 Å². The van der Waals surface area contributed by atoms with Gasteiger partial charge in [0.25, 0.3) is 0 Å². The Bertz CT molecular complexity index is 1060. The standard InChI is InChI=1S/C17H18N8/c1-24-10-11-6-7-13(8-14(11)22-24)25-16-15(21-23-25)9-18-17(20-16)19-12-4-2-3-5-12/h6-10,12H,2-5H2,1H3,(H,18,19,20). The normalized spacial score (nSPS) is 15.4. The summed E-state index contributed by atoms with van der Waals surface area (Å²) in [6.45, 7) is 0. The van der Waals surface area contributed by atoms with Gasteiger partial charge in [-0.15, -0.1) is 5.10 Å². The van der Waals surface area contributed by atoms with Crippen molar-refractivity contribution >= 4 is 28.0 Å². The van der Waals surface area contributed by atoms with Crippen LogP contribution in [-0.2, 0) is 7.05 Å². The molecule has 3 heterocycles. The molecule has 1 aromatic carbocycles. The van der Waals surface area contributed by atoms with Gasteiger partial charge in [0.05, 0.1) is 17.4 Å². The lowest BCUT2D eigenvalue weighted by atomic mass is 10.2. The summed E-state index contributed by atoms with van der Waals surface area (Å²) in [5.74, 6) is 0.641. The van der Waals surface area contributed by atoms with E-state index in [1.54, 1.807) is 15.6 Å². The third-order valence-corrected chi connectivity index (χ3v) is 4.73. The highest BCUT2D eigenvalue weighted by atomic mass is 15.4. The molecule has 5 rings (SSSR count). The van der Waals surface area contributed by atoms with E-state index in [0.717, 1.165) is 16.6 Å². The minimum absolute atomic E-state index is 0.464. The van der Waals surface area contributed by atoms with Crippen LogP contribution < -0.4 is 5.32 Å². The summed E-state index contributed by atoms with van der Waals surface area (Å²) < 4.78 is 3.55. The van der Waals surface area contributed by atoms with Crippen LogP contribution in [0.15, 0.2) is 30.6 Å². The van der Waals surface area contributed by atoms with Crippen molar-refractivity contribution in [1.82, 2.24) is 34.7 Å². The molecule has 126 valence electrons. The van der Waals surface area contributed by atoms with E-state index in [9.17, 15) is 0 Å². The number of hydrogen-bond donors (Lipinski definition) is 1. The number of aromatic nitrogens is 7. The van der Waals surface area contributed by atoms with Crippen molar-refractivity contribution in [3.05, 3.63) is 30.6 Å². The van der Waals surface area contributed by atoms with E-state index in [1.165, 1.54) is 25.7 Å². The van der Waals surface area contributed by atoms with Crippen LogP contribution in [-0.4, -0.2) is 40.8 Å². The zero-order valence-corrected chi connectivity index (χ0v) is 13.9. The summed E-state index contributed by atoms with van der Waals surface area (Å²) in [5, 5.41) is 17.4. The number of benzene rings is 1. The van der Waals surface area contributed by atoms with E-state index >= 15 is 0 Å². The molecule has 0 saturated heterocycles. The number of fused-ring (bicyclic) bond motifs is 2. The van der Waals surface area contributed by atoms with Crippen LogP contribution >= 0.6 is 0 Å². The van der Waals surface area contributed by atoms with Crippen LogP contribution in [0.5, 0.6) is 0 Å². The molecule has 4 aromatic rings. The molecule has 1 N–H and O–H groups in total. The monoisotopic (exact) mass is 334 g/mol. The van der Waals surface area contributed by atoms with Crippen LogP contribution in [0.25, 0.3) is 27.8 Å². The molecule has 1 fully saturated rings. The van der Waals surface area contributed by atoms with Crippen molar-refractivity contribution in [3.63, 3.8) is 0 Å². The Balaban J connectivity index is 1.56. The average Bonchev–Trinajstić information content (AvgIpc) is 3.32. The molecule has 0 amide bonds. The fraction of sp³-hybridized carbons (Fsp3) is 0.353. The lowest BCUT2D eigenvalue weighted by molar-refractivity contribution is 0.744. The van der Waals surface area contributed by atoms with E-state index in [0.29, 0.717) is 23.2 Å². The van der Waals surface area contributed by atoms with Crippen molar-refractivity contribution in [2.45, 2.75) is 31.7 Å². The first-order chi connectivity index (χ1) is 12.3. The fourth-order valence-electron chi connectivity index (χ4n) is 3.48. The van der Waals surface area contributed by atoms with Gasteiger partial charge >= 0.3 is 0 Å². The number of aryl methyl sites for hydroxylation is 1. The maximum Gasteiger partial charge on any atom is 0.225 e. The topological polar surface area (TPSA) is 86.3 Å². The van der Waals surface area contributed by atoms with Gasteiger partial charge in [-0.2, -0.15) is 14.8 Å². The van der Waals surface area contributed by atoms with Gasteiger partial charge in [0.15, 0.2) is 11.2 Å². The predicted molar refractivity (Wildman–Crippen MR) is 94.6 cm³/mol. The Labute approximate surface area is 143 Å². The maximum absolute atomic E-state index is 4.65. The van der Waals surface area contributed by atoms with Crippen molar-refractivity contribution in [1.29, 1.82) is 0 Å². The summed E-state index contributed by atoms with van der Waals surface area (Å²) in [5.41, 5.74) is 3.19. The molecular formula is C17H18N8. The van der Waals surface area contributed by atoms with E-state index in [-0.39, 0.29) is 0 Å². The molecule has 3 aromatic heterocycles. The summed E-state index contributed by atoms with van der Waals surface area (Å²) in [6, 6.07) is 6.50. The maximum atomic E-state index is 4.65. The summed E-state index contributed by atoms with van der Waals surface area (Å²) in [4.78, 5) is 9.03. The second-order valence-corrected chi connectivity index (χ2v) is 6.58. The third-order valence-electron chi connectivity index (χ3n) is 4.73. The molecule has 8 nitrogen and oxygen atoms in total. The van der Waals surface area contributed by atoms with Gasteiger partial charge in [-0.25, -0.2) is 4.98 Å². The highest BCUT2D eigenvalue weighted by molar-refractivity contribution is 5.81. The lowest BCUT2D eigenvalue weighted by Gasteiger charge is -2.11. The number of nitrogens with one attached hydrogen (secondary N) is 1. The average molecular weight is 334 g/mol. The fourth-order valence-corrected chi connectivity index (χ4v) is 3.48. The van der Waals surface area contributed by atoms with Gasteiger partial charge in [-0.3, -0.25) is 4.68 Å². The second kappa shape index (κ2) is 5.51. The van der Waals surface area contributed by atoms with Crippen LogP contribution in [0.1, 0.15) is 25.7 Å². The molecular weight excluding hydrogens is 316 g/mol. The SMILES string of the molecule is Cn1cc2ccc(-n3nnc4cnc(NC5CCCC5)nc43)cc2n1. The highest BCUT2D eigenvalue weighted by Gasteiger charge is 2.17. The molecule has 0 radical (unpaired) electrons. The Morgan fingerprint density at radius 2 is 2.04 bits per heavy atom. The van der Waals surface area contributed by atoms with Crippen LogP contribution in [0, 0.1) is 0 Å². The highest BCUT2D eigenvalue weighted by Crippen LogP contribution is 2.23. The number of nitrogens with zero attached hydrogens (tertiary/aromatic N) is 7. The van der Waals surface area contributed by atoms with Crippen molar-refractivity contribution in [2.24, 2.45) is 7.05 Å². The molecule has 1 saturated carbocycles. The molecule has 25 heavy (non-hydrogen) atoms. The molecule has 8 heteroatoms. The lowest BCUT2D eigenvalue weighted by Crippen LogP contribution is -2.16. The molecule has 0 spiro atoms. The third kappa shape index (κ3) is 2.50. The van der Waals surface area contributed by atoms with Gasteiger partial charge < -0.3 is 5.32 Å². The first-order valence-corrected chi connectivity index (χ1v) is 8.55. The molecule has 1 aliphatic carbocycles. The Morgan fingerprint density at radius 1 is 1.16 bits per heavy atom. The molecule has 0 bridgehead atoms. The van der Waals surface area contributed by atoms with Gasteiger partial charge in [-0.05, 0) is 31.0 Å². The first-order valence-electron chi connectivity index (χ1n) is 8.55. The Hall–Kier alpha value is -3.03. The summed E-state index contributed by atoms with van der Waals surface area (Å²) in [6.07, 6.45) is 8.60. The van der Waals surface area contributed by atoms with Crippen LogP contribution in [0.4, 0.5) is 5.95 Å². The Kier molecular flexibility index (Phi) is 3.16. The number of rotatable bonds is 3. The van der Waals surface area contributed by atoms with E-state index in [1.807, 2.05) is 31.4 Å². The quantitative estimate of drug-likeness (QED) is 0.619. The first kappa shape index (κ1) is 14.3. The van der Waals surface area contributed by atoms with Crippen LogP contribution in [0.3, 0.4) is 0 Å². The molecule has 1 aliphatic rings. The molecule has 0 atom stereocenters. The van der Waals surface area contributed by atoms with Crippen molar-refractivity contribution < 1.29 is 0 Å². The molecule has 0 unspecified atom stereocenters.